The van der Waals surface area contributed by atoms with Crippen LogP contribution < -0.4 is 0 Å². The van der Waals surface area contributed by atoms with E-state index >= 15 is 0 Å². The van der Waals surface area contributed by atoms with Gasteiger partial charge >= 0.3 is 0 Å². The number of hydrogen-bond donors (Lipinski definition) is 0. The molecule has 0 bridgehead atoms. The molecule has 1 aromatic rings. The van der Waals surface area contributed by atoms with E-state index in [1.54, 1.807) is 6.07 Å². The predicted molar refractivity (Wildman–Crippen MR) is 43.9 cm³/mol. The predicted octanol–water partition coefficient (Wildman–Crippen LogP) is 3.79. The first-order valence-electron chi connectivity index (χ1n) is 2.23. The second kappa shape index (κ2) is 3.11. The number of halogens is 3. The Balaban J connectivity index is 3.01. The Labute approximate surface area is 72.3 Å². The average molecular weight is 202 g/mol. The first kappa shape index (κ1) is 7.67. The molecule has 50 valence electrons. The second-order valence-electron chi connectivity index (χ2n) is 1.46. The Bertz CT molecular complexity index is 206. The summed E-state index contributed by atoms with van der Waals surface area (Å²) in [6, 6.07) is 1.70. The van der Waals surface area contributed by atoms with E-state index < -0.39 is 0 Å². The van der Waals surface area contributed by atoms with Crippen LogP contribution in [0, 0.1) is 0 Å². The van der Waals surface area contributed by atoms with Crippen LogP contribution in [0.4, 0.5) is 0 Å². The molecular formula is C5H3Cl3S. The molecule has 0 radical (unpaired) electrons. The van der Waals surface area contributed by atoms with E-state index in [0.29, 0.717) is 15.2 Å². The molecule has 4 heteroatoms. The minimum atomic E-state index is 0.441. The summed E-state index contributed by atoms with van der Waals surface area (Å²) in [5.74, 6) is 0.441. The van der Waals surface area contributed by atoms with Gasteiger partial charge in [0.15, 0.2) is 0 Å². The third kappa shape index (κ3) is 1.74. The number of thiophene rings is 1. The van der Waals surface area contributed by atoms with Gasteiger partial charge in [0.2, 0.25) is 0 Å². The van der Waals surface area contributed by atoms with Crippen molar-refractivity contribution in [2.75, 3.05) is 0 Å². The molecule has 0 unspecified atom stereocenters. The van der Waals surface area contributed by atoms with Crippen molar-refractivity contribution in [3.63, 3.8) is 0 Å². The third-order valence-electron chi connectivity index (χ3n) is 0.849. The van der Waals surface area contributed by atoms with Gasteiger partial charge in [0.1, 0.15) is 0 Å². The Kier molecular flexibility index (Phi) is 2.65. The summed E-state index contributed by atoms with van der Waals surface area (Å²) in [6.07, 6.45) is 0. The molecule has 0 amide bonds. The quantitative estimate of drug-likeness (QED) is 0.607. The zero-order chi connectivity index (χ0) is 6.85. The van der Waals surface area contributed by atoms with Gasteiger partial charge in [0.25, 0.3) is 0 Å². The van der Waals surface area contributed by atoms with Crippen LogP contribution in [0.25, 0.3) is 0 Å². The lowest BCUT2D eigenvalue weighted by molar-refractivity contribution is 1.53. The van der Waals surface area contributed by atoms with E-state index in [1.807, 2.05) is 0 Å². The van der Waals surface area contributed by atoms with E-state index in [1.165, 1.54) is 11.3 Å². The molecule has 1 heterocycles. The van der Waals surface area contributed by atoms with Crippen molar-refractivity contribution in [3.05, 3.63) is 20.3 Å². The normalized spacial score (nSPS) is 10.1. The molecule has 0 saturated carbocycles. The zero-order valence-electron chi connectivity index (χ0n) is 4.33. The summed E-state index contributed by atoms with van der Waals surface area (Å²) >= 11 is 18.2. The van der Waals surface area contributed by atoms with E-state index in [0.717, 1.165) is 4.88 Å². The van der Waals surface area contributed by atoms with Gasteiger partial charge in [-0.1, -0.05) is 23.2 Å². The third-order valence-corrected chi connectivity index (χ3v) is 2.99. The van der Waals surface area contributed by atoms with Crippen LogP contribution in [0.1, 0.15) is 4.88 Å². The summed E-state index contributed by atoms with van der Waals surface area (Å²) in [5.41, 5.74) is 0. The van der Waals surface area contributed by atoms with E-state index in [4.69, 9.17) is 34.8 Å². The van der Waals surface area contributed by atoms with Crippen LogP contribution >= 0.6 is 46.1 Å². The standard InChI is InChI=1S/C5H3Cl3S/c6-2-4-3(7)1-5(8)9-4/h1H,2H2. The average Bonchev–Trinajstić information content (AvgIpc) is 2.10. The smallest absolute Gasteiger partial charge is 0.0947 e. The Morgan fingerprint density at radius 1 is 1.44 bits per heavy atom. The summed E-state index contributed by atoms with van der Waals surface area (Å²) in [7, 11) is 0. The lowest BCUT2D eigenvalue weighted by Gasteiger charge is -1.83. The maximum Gasteiger partial charge on any atom is 0.0947 e. The maximum absolute atomic E-state index is 5.69. The zero-order valence-corrected chi connectivity index (χ0v) is 7.41. The molecule has 0 fully saturated rings. The van der Waals surface area contributed by atoms with Crippen LogP contribution in [0.15, 0.2) is 6.07 Å². The van der Waals surface area contributed by atoms with Gasteiger partial charge in [-0.2, -0.15) is 0 Å². The van der Waals surface area contributed by atoms with E-state index in [2.05, 4.69) is 0 Å². The molecular weight excluding hydrogens is 198 g/mol. The molecule has 0 aliphatic carbocycles. The molecule has 0 aliphatic rings. The van der Waals surface area contributed by atoms with Gasteiger partial charge in [-0.05, 0) is 6.07 Å². The molecule has 0 saturated heterocycles. The monoisotopic (exact) mass is 200 g/mol. The van der Waals surface area contributed by atoms with Gasteiger partial charge in [-0.15, -0.1) is 22.9 Å². The van der Waals surface area contributed by atoms with Crippen molar-refractivity contribution in [2.45, 2.75) is 5.88 Å². The van der Waals surface area contributed by atoms with Crippen molar-refractivity contribution < 1.29 is 0 Å². The van der Waals surface area contributed by atoms with Crippen LogP contribution in [0.5, 0.6) is 0 Å². The van der Waals surface area contributed by atoms with Gasteiger partial charge < -0.3 is 0 Å². The molecule has 1 aromatic heterocycles. The molecule has 0 N–H and O–H groups in total. The number of alkyl halides is 1. The lowest BCUT2D eigenvalue weighted by atomic mass is 10.5. The molecule has 0 atom stereocenters. The number of rotatable bonds is 1. The highest BCUT2D eigenvalue weighted by Gasteiger charge is 2.02. The molecule has 0 aliphatic heterocycles. The van der Waals surface area contributed by atoms with Crippen LogP contribution in [-0.4, -0.2) is 0 Å². The van der Waals surface area contributed by atoms with Crippen LogP contribution in [-0.2, 0) is 5.88 Å². The molecule has 0 aromatic carbocycles. The fourth-order valence-corrected chi connectivity index (χ4v) is 2.27. The minimum Gasteiger partial charge on any atom is -0.126 e. The summed E-state index contributed by atoms with van der Waals surface area (Å²) in [4.78, 5) is 0.934. The molecule has 9 heavy (non-hydrogen) atoms. The highest BCUT2D eigenvalue weighted by atomic mass is 35.5. The van der Waals surface area contributed by atoms with Gasteiger partial charge in [-0.25, -0.2) is 0 Å². The van der Waals surface area contributed by atoms with Crippen molar-refractivity contribution in [2.24, 2.45) is 0 Å². The van der Waals surface area contributed by atoms with Gasteiger partial charge in [-0.3, -0.25) is 0 Å². The van der Waals surface area contributed by atoms with Gasteiger partial charge in [0, 0.05) is 4.88 Å². The SMILES string of the molecule is ClCc1sc(Cl)cc1Cl. The highest BCUT2D eigenvalue weighted by molar-refractivity contribution is 7.16. The van der Waals surface area contributed by atoms with Gasteiger partial charge in [0.05, 0.1) is 15.2 Å². The Hall–Kier alpha value is 0.570. The summed E-state index contributed by atoms with van der Waals surface area (Å²) in [5, 5.41) is 0.667. The first-order chi connectivity index (χ1) is 4.24. The highest BCUT2D eigenvalue weighted by Crippen LogP contribution is 2.31. The largest absolute Gasteiger partial charge is 0.126 e. The second-order valence-corrected chi connectivity index (χ2v) is 3.90. The fourth-order valence-electron chi connectivity index (χ4n) is 0.467. The maximum atomic E-state index is 5.69. The Morgan fingerprint density at radius 2 is 2.11 bits per heavy atom. The first-order valence-corrected chi connectivity index (χ1v) is 4.34. The minimum absolute atomic E-state index is 0.441. The van der Waals surface area contributed by atoms with Crippen LogP contribution in [0.2, 0.25) is 9.36 Å². The lowest BCUT2D eigenvalue weighted by Crippen LogP contribution is -1.64. The van der Waals surface area contributed by atoms with E-state index in [9.17, 15) is 0 Å². The summed E-state index contributed by atoms with van der Waals surface area (Å²) in [6.45, 7) is 0. The van der Waals surface area contributed by atoms with Crippen molar-refractivity contribution in [3.8, 4) is 0 Å². The molecule has 1 rings (SSSR count). The van der Waals surface area contributed by atoms with Crippen molar-refractivity contribution >= 4 is 46.1 Å². The van der Waals surface area contributed by atoms with Crippen molar-refractivity contribution in [1.82, 2.24) is 0 Å². The number of hydrogen-bond acceptors (Lipinski definition) is 1. The van der Waals surface area contributed by atoms with E-state index in [-0.39, 0.29) is 0 Å². The molecule has 0 nitrogen and oxygen atoms in total. The fraction of sp³-hybridized carbons (Fsp3) is 0.200. The summed E-state index contributed by atoms with van der Waals surface area (Å²) < 4.78 is 0.690. The molecule has 0 spiro atoms. The van der Waals surface area contributed by atoms with Crippen LogP contribution in [0.3, 0.4) is 0 Å². The van der Waals surface area contributed by atoms with Crippen molar-refractivity contribution in [1.29, 1.82) is 0 Å². The topological polar surface area (TPSA) is 0 Å². The Morgan fingerprint density at radius 3 is 2.33 bits per heavy atom.